The second-order valence-electron chi connectivity index (χ2n) is 11.0. The maximum absolute atomic E-state index is 11.7. The molecule has 4 nitrogen and oxygen atoms in total. The average Bonchev–Trinajstić information content (AvgIpc) is 2.86. The fourth-order valence-corrected chi connectivity index (χ4v) is 6.08. The van der Waals surface area contributed by atoms with E-state index in [1.54, 1.807) is 0 Å². The zero-order valence-electron chi connectivity index (χ0n) is 21.8. The molecule has 2 aromatic rings. The van der Waals surface area contributed by atoms with Crippen molar-refractivity contribution in [2.75, 3.05) is 32.8 Å². The molecule has 1 heterocycles. The van der Waals surface area contributed by atoms with Crippen LogP contribution in [0.3, 0.4) is 0 Å². The van der Waals surface area contributed by atoms with E-state index < -0.39 is 5.72 Å². The van der Waals surface area contributed by atoms with Gasteiger partial charge in [0.2, 0.25) is 0 Å². The molecule has 2 N–H and O–H groups in total. The summed E-state index contributed by atoms with van der Waals surface area (Å²) in [6.45, 7) is 5.86. The van der Waals surface area contributed by atoms with Gasteiger partial charge in [-0.1, -0.05) is 106 Å². The Bertz CT molecular complexity index is 865. The van der Waals surface area contributed by atoms with Gasteiger partial charge in [-0.2, -0.15) is 0 Å². The number of morpholine rings is 1. The summed E-state index contributed by atoms with van der Waals surface area (Å²) in [6.07, 6.45) is 13.8. The van der Waals surface area contributed by atoms with Crippen molar-refractivity contribution < 1.29 is 9.84 Å². The van der Waals surface area contributed by atoms with Crippen LogP contribution >= 0.6 is 0 Å². The van der Waals surface area contributed by atoms with Crippen molar-refractivity contribution in [1.29, 1.82) is 0 Å². The van der Waals surface area contributed by atoms with Crippen LogP contribution in [-0.4, -0.2) is 48.6 Å². The smallest absolute Gasteiger partial charge is 0.126 e. The van der Waals surface area contributed by atoms with Gasteiger partial charge in [-0.25, -0.2) is 0 Å². The molecule has 2 aromatic carbocycles. The van der Waals surface area contributed by atoms with E-state index in [4.69, 9.17) is 4.74 Å². The highest BCUT2D eigenvalue weighted by molar-refractivity contribution is 5.64. The number of aliphatic hydroxyl groups is 1. The number of nitrogens with one attached hydrogen (secondary N) is 1. The molecule has 2 aliphatic rings. The molecule has 0 aromatic heterocycles. The van der Waals surface area contributed by atoms with Crippen LogP contribution in [0.4, 0.5) is 0 Å². The van der Waals surface area contributed by atoms with E-state index in [1.165, 1.54) is 74.5 Å². The van der Waals surface area contributed by atoms with E-state index in [1.807, 2.05) is 6.92 Å². The molecule has 1 saturated carbocycles. The maximum Gasteiger partial charge on any atom is 0.126 e. The molecule has 0 spiro atoms. The Balaban J connectivity index is 1.64. The van der Waals surface area contributed by atoms with Crippen molar-refractivity contribution in [3.8, 4) is 11.1 Å². The predicted octanol–water partition coefficient (Wildman–Crippen LogP) is 6.48. The minimum absolute atomic E-state index is 0.236. The van der Waals surface area contributed by atoms with Gasteiger partial charge >= 0.3 is 0 Å². The lowest BCUT2D eigenvalue weighted by Crippen LogP contribution is -2.60. The third-order valence-electron chi connectivity index (χ3n) is 7.87. The first-order valence-electron chi connectivity index (χ1n) is 14.0. The quantitative estimate of drug-likeness (QED) is 0.466. The molecule has 1 aliphatic carbocycles. The van der Waals surface area contributed by atoms with Gasteiger partial charge < -0.3 is 9.84 Å². The Labute approximate surface area is 213 Å². The van der Waals surface area contributed by atoms with E-state index in [9.17, 15) is 5.11 Å². The zero-order valence-corrected chi connectivity index (χ0v) is 21.8. The normalized spacial score (nSPS) is 22.5. The molecule has 2 fully saturated rings. The predicted molar refractivity (Wildman–Crippen MR) is 145 cm³/mol. The fourth-order valence-electron chi connectivity index (χ4n) is 6.08. The van der Waals surface area contributed by atoms with Crippen LogP contribution in [0, 0.1) is 0 Å². The Morgan fingerprint density at radius 3 is 2.00 bits per heavy atom. The fraction of sp³-hybridized carbons (Fsp3) is 0.613. The van der Waals surface area contributed by atoms with E-state index in [0.29, 0.717) is 6.54 Å². The van der Waals surface area contributed by atoms with E-state index >= 15 is 0 Å². The third kappa shape index (κ3) is 7.88. The third-order valence-corrected chi connectivity index (χ3v) is 7.87. The van der Waals surface area contributed by atoms with Crippen molar-refractivity contribution in [2.24, 2.45) is 0 Å². The molecular weight excluding hydrogens is 432 g/mol. The lowest BCUT2D eigenvalue weighted by molar-refractivity contribution is -0.0621. The van der Waals surface area contributed by atoms with Crippen LogP contribution in [0.15, 0.2) is 54.6 Å². The van der Waals surface area contributed by atoms with Gasteiger partial charge in [0.05, 0.1) is 13.2 Å². The molecule has 4 heteroatoms. The lowest BCUT2D eigenvalue weighted by atomic mass is 9.78. The highest BCUT2D eigenvalue weighted by Crippen LogP contribution is 2.37. The first kappa shape index (κ1) is 26.3. The van der Waals surface area contributed by atoms with Gasteiger partial charge in [0.25, 0.3) is 0 Å². The summed E-state index contributed by atoms with van der Waals surface area (Å²) in [7, 11) is 0. The van der Waals surface area contributed by atoms with E-state index in [2.05, 4.69) is 64.8 Å². The summed E-state index contributed by atoms with van der Waals surface area (Å²) < 4.78 is 5.54. The van der Waals surface area contributed by atoms with Gasteiger partial charge in [0.1, 0.15) is 5.72 Å². The SMILES string of the molecule is CC(O)(CN1CCOCC1)NC1(c2cccc(-c3ccccc3)c2)CCCCCCCCCCC1. The van der Waals surface area contributed by atoms with Crippen LogP contribution in [0.5, 0.6) is 0 Å². The second-order valence-corrected chi connectivity index (χ2v) is 11.0. The summed E-state index contributed by atoms with van der Waals surface area (Å²) in [5, 5.41) is 15.6. The molecule has 0 amide bonds. The standard InChI is InChI=1S/C31H46N2O2/c1-30(34,26-33-21-23-35-24-22-33)32-31(19-12-7-5-3-2-4-6-8-13-20-31)29-18-14-17-28(25-29)27-15-10-9-11-16-27/h9-11,14-18,25,32,34H,2-8,12-13,19-24,26H2,1H3. The summed E-state index contributed by atoms with van der Waals surface area (Å²) in [6, 6.07) is 19.8. The van der Waals surface area contributed by atoms with Gasteiger partial charge in [0.15, 0.2) is 0 Å². The number of rotatable bonds is 6. The van der Waals surface area contributed by atoms with E-state index in [-0.39, 0.29) is 5.54 Å². The van der Waals surface area contributed by atoms with Crippen molar-refractivity contribution in [1.82, 2.24) is 10.2 Å². The maximum atomic E-state index is 11.7. The zero-order chi connectivity index (χ0) is 24.4. The monoisotopic (exact) mass is 478 g/mol. The first-order valence-corrected chi connectivity index (χ1v) is 14.0. The molecule has 1 aliphatic heterocycles. The lowest BCUT2D eigenvalue weighted by Gasteiger charge is -2.44. The molecular formula is C31H46N2O2. The Hall–Kier alpha value is -1.72. The van der Waals surface area contributed by atoms with Crippen molar-refractivity contribution in [2.45, 2.75) is 88.8 Å². The molecule has 35 heavy (non-hydrogen) atoms. The molecule has 0 radical (unpaired) electrons. The largest absolute Gasteiger partial charge is 0.379 e. The Kier molecular flexibility index (Phi) is 9.79. The summed E-state index contributed by atoms with van der Waals surface area (Å²) in [5.74, 6) is 0. The van der Waals surface area contributed by atoms with Crippen molar-refractivity contribution in [3.63, 3.8) is 0 Å². The topological polar surface area (TPSA) is 44.7 Å². The summed E-state index contributed by atoms with van der Waals surface area (Å²) in [5.41, 5.74) is 2.61. The first-order chi connectivity index (χ1) is 17.1. The van der Waals surface area contributed by atoms with Crippen LogP contribution in [0.25, 0.3) is 11.1 Å². The minimum Gasteiger partial charge on any atom is -0.379 e. The number of hydrogen-bond acceptors (Lipinski definition) is 4. The Morgan fingerprint density at radius 2 is 1.37 bits per heavy atom. The van der Waals surface area contributed by atoms with Gasteiger partial charge in [-0.15, -0.1) is 0 Å². The minimum atomic E-state index is -0.975. The van der Waals surface area contributed by atoms with Crippen LogP contribution in [0.1, 0.15) is 83.1 Å². The van der Waals surface area contributed by atoms with Gasteiger partial charge in [-0.3, -0.25) is 10.2 Å². The van der Waals surface area contributed by atoms with Crippen LogP contribution in [-0.2, 0) is 10.3 Å². The number of nitrogens with zero attached hydrogens (tertiary/aromatic N) is 1. The second kappa shape index (κ2) is 13.0. The molecule has 1 unspecified atom stereocenters. The van der Waals surface area contributed by atoms with Crippen LogP contribution < -0.4 is 5.32 Å². The number of benzene rings is 2. The number of β-amino-alcohol motifs (C(OH)–C–C–N with tert-alkyl or cyclic N) is 1. The van der Waals surface area contributed by atoms with Gasteiger partial charge in [0, 0.05) is 25.2 Å². The highest BCUT2D eigenvalue weighted by Gasteiger charge is 2.38. The van der Waals surface area contributed by atoms with Crippen molar-refractivity contribution >= 4 is 0 Å². The highest BCUT2D eigenvalue weighted by atomic mass is 16.5. The van der Waals surface area contributed by atoms with E-state index in [0.717, 1.165) is 39.1 Å². The molecule has 1 saturated heterocycles. The van der Waals surface area contributed by atoms with Crippen molar-refractivity contribution in [3.05, 3.63) is 60.2 Å². The Morgan fingerprint density at radius 1 is 0.800 bits per heavy atom. The summed E-state index contributed by atoms with van der Waals surface area (Å²) >= 11 is 0. The van der Waals surface area contributed by atoms with Gasteiger partial charge in [-0.05, 0) is 42.5 Å². The summed E-state index contributed by atoms with van der Waals surface area (Å²) in [4.78, 5) is 2.33. The molecule has 0 bridgehead atoms. The molecule has 4 rings (SSSR count). The molecule has 192 valence electrons. The average molecular weight is 479 g/mol. The molecule has 1 atom stereocenters. The van der Waals surface area contributed by atoms with Crippen LogP contribution in [0.2, 0.25) is 0 Å². The number of hydrogen-bond donors (Lipinski definition) is 2. The number of ether oxygens (including phenoxy) is 1.